The van der Waals surface area contributed by atoms with Crippen LogP contribution in [0.4, 0.5) is 4.79 Å². The van der Waals surface area contributed by atoms with Crippen LogP contribution in [-0.2, 0) is 38.1 Å². The van der Waals surface area contributed by atoms with Crippen molar-refractivity contribution in [3.05, 3.63) is 49.8 Å². The lowest BCUT2D eigenvalue weighted by Gasteiger charge is -2.44. The van der Waals surface area contributed by atoms with Gasteiger partial charge in [0.1, 0.15) is 36.6 Å². The number of allylic oxidation sites excluding steroid dienone is 3. The highest BCUT2D eigenvalue weighted by atomic mass is 127. The molecule has 402 valence electrons. The van der Waals surface area contributed by atoms with Gasteiger partial charge in [-0.3, -0.25) is 19.7 Å². The first-order valence-corrected chi connectivity index (χ1v) is 28.6. The largest absolute Gasteiger partial charge is 0.492 e. The number of Topliss-reactive ketones (excluding diaryl/α,β-unsaturated/α-hetero) is 1. The Morgan fingerprint density at radius 1 is 0.918 bits per heavy atom. The van der Waals surface area contributed by atoms with E-state index in [-0.39, 0.29) is 46.1 Å². The minimum atomic E-state index is -2.03. The van der Waals surface area contributed by atoms with E-state index in [1.807, 2.05) is 28.8 Å². The molecule has 1 aromatic rings. The average Bonchev–Trinajstić information content (AvgIpc) is 3.35. The summed E-state index contributed by atoms with van der Waals surface area (Å²) in [5.41, 5.74) is 1.06. The van der Waals surface area contributed by atoms with Crippen LogP contribution in [0.3, 0.4) is 0 Å². The van der Waals surface area contributed by atoms with Gasteiger partial charge in [-0.1, -0.05) is 63.1 Å². The van der Waals surface area contributed by atoms with Gasteiger partial charge in [0.2, 0.25) is 17.2 Å². The molecule has 0 aromatic heterocycles. The summed E-state index contributed by atoms with van der Waals surface area (Å²) in [7, 11) is 9.60. The SMILES string of the molecule is COC(=O)NC1=C2C(=CCSSSC)[C@](O)(C#C/C=C\C#C[C@@H]2OC2OC(C)C(NOC3CC(O)C(SC(=O)c4c(C)c(I)c(OC5OC(C)C(O)C(OC)C5O)c(OC)c4OC)C(C)O3)C(O)C2O)CC1=O. The fourth-order valence-electron chi connectivity index (χ4n) is 8.64. The van der Waals surface area contributed by atoms with Crippen LogP contribution in [0.1, 0.15) is 49.5 Å². The number of fused-ring (bicyclic) bond motifs is 2. The summed E-state index contributed by atoms with van der Waals surface area (Å²) in [5.74, 6) is 10.9. The number of ketones is 1. The third-order valence-electron chi connectivity index (χ3n) is 12.4. The molecule has 0 spiro atoms. The first-order valence-electron chi connectivity index (χ1n) is 22.6. The maximum atomic E-state index is 14.2. The van der Waals surface area contributed by atoms with Crippen molar-refractivity contribution >= 4 is 82.8 Å². The van der Waals surface area contributed by atoms with Crippen molar-refractivity contribution in [2.45, 2.75) is 137 Å². The summed E-state index contributed by atoms with van der Waals surface area (Å²) < 4.78 is 52.4. The van der Waals surface area contributed by atoms with Crippen molar-refractivity contribution in [1.82, 2.24) is 10.8 Å². The molecule has 1 amide bonds. The van der Waals surface area contributed by atoms with Crippen molar-refractivity contribution in [2.24, 2.45) is 0 Å². The van der Waals surface area contributed by atoms with Gasteiger partial charge in [-0.15, -0.1) is 0 Å². The van der Waals surface area contributed by atoms with Gasteiger partial charge >= 0.3 is 6.09 Å². The van der Waals surface area contributed by atoms with Crippen molar-refractivity contribution in [1.29, 1.82) is 0 Å². The number of aliphatic hydroxyl groups excluding tert-OH is 5. The van der Waals surface area contributed by atoms with Gasteiger partial charge in [0.15, 0.2) is 35.5 Å². The molecule has 2 aliphatic carbocycles. The molecule has 2 bridgehead atoms. The number of nitrogens with one attached hydrogen (secondary N) is 2. The summed E-state index contributed by atoms with van der Waals surface area (Å²) in [6, 6.07) is -1.12. The van der Waals surface area contributed by atoms with Gasteiger partial charge in [0.05, 0.1) is 78.3 Å². The fourth-order valence-corrected chi connectivity index (χ4v) is 12.8. The summed E-state index contributed by atoms with van der Waals surface area (Å²) in [5, 5.41) is 69.0. The minimum absolute atomic E-state index is 0.0254. The van der Waals surface area contributed by atoms with Gasteiger partial charge in [-0.25, -0.2) is 4.79 Å². The molecule has 3 saturated heterocycles. The Balaban J connectivity index is 1.14. The third kappa shape index (κ3) is 13.3. The standard InChI is InChI=1S/C47H59IN2O19S4/c1-20-29(38(60-5)41(62-7)39(31(20)48)68-45-37(56)40(61-6)34(53)22(3)66-45)43(57)72-42-23(4)64-28(18-25(42)51)69-50-32-21(2)65-44(36(55)35(32)54)67-27-14-12-10-11-13-16-47(59)19-26(52)33(49-46(58)63-8)30(27)24(47)15-17-71-73-70-9/h10-11,15,21-23,25,27-28,32,34-37,40,42,44-45,50-51,53-56,59H,17-19H2,1-9H3,(H,49,58)/b11-10-,24-15?/t21?,22?,23?,25?,27-,28?,32?,34?,35?,36?,37?,40?,42?,44?,45?,47-/m0/s1. The molecule has 8 N–H and O–H groups in total. The van der Waals surface area contributed by atoms with E-state index in [0.29, 0.717) is 14.9 Å². The second-order valence-corrected chi connectivity index (χ2v) is 23.6. The van der Waals surface area contributed by atoms with E-state index in [2.05, 4.69) is 34.5 Å². The van der Waals surface area contributed by atoms with Crippen LogP contribution in [0.25, 0.3) is 0 Å². The molecule has 3 fully saturated rings. The zero-order chi connectivity index (χ0) is 53.5. The third-order valence-corrected chi connectivity index (χ3v) is 18.8. The normalized spacial score (nSPS) is 35.2. The number of rotatable bonds is 17. The van der Waals surface area contributed by atoms with E-state index >= 15 is 0 Å². The van der Waals surface area contributed by atoms with E-state index in [4.69, 9.17) is 47.5 Å². The van der Waals surface area contributed by atoms with E-state index < -0.39 is 120 Å². The van der Waals surface area contributed by atoms with Gasteiger partial charge in [0.25, 0.3) is 0 Å². The molecule has 73 heavy (non-hydrogen) atoms. The molecular weight excluding hydrogens is 1150 g/mol. The van der Waals surface area contributed by atoms with Crippen LogP contribution >= 0.6 is 65.8 Å². The first kappa shape index (κ1) is 59.4. The minimum Gasteiger partial charge on any atom is -0.492 e. The quantitative estimate of drug-likeness (QED) is 0.0365. The number of hydrogen-bond donors (Lipinski definition) is 8. The van der Waals surface area contributed by atoms with Crippen LogP contribution in [0.15, 0.2) is 35.1 Å². The predicted molar refractivity (Wildman–Crippen MR) is 278 cm³/mol. The lowest BCUT2D eigenvalue weighted by atomic mass is 9.75. The number of benzene rings is 1. The van der Waals surface area contributed by atoms with Crippen molar-refractivity contribution in [2.75, 3.05) is 40.4 Å². The zero-order valence-electron chi connectivity index (χ0n) is 41.0. The Bertz CT molecular complexity index is 2420. The van der Waals surface area contributed by atoms with Crippen LogP contribution < -0.4 is 25.0 Å². The predicted octanol–water partition coefficient (Wildman–Crippen LogP) is 2.43. The number of carbonyl (C=O) groups is 3. The van der Waals surface area contributed by atoms with Crippen molar-refractivity contribution in [3.63, 3.8) is 0 Å². The van der Waals surface area contributed by atoms with Crippen molar-refractivity contribution in [3.8, 4) is 40.9 Å². The van der Waals surface area contributed by atoms with Crippen LogP contribution in [0.2, 0.25) is 0 Å². The number of alkyl carbamates (subject to hydrolysis) is 1. The zero-order valence-corrected chi connectivity index (χ0v) is 46.4. The molecule has 0 saturated carbocycles. The Hall–Kier alpha value is -2.82. The molecule has 21 nitrogen and oxygen atoms in total. The summed E-state index contributed by atoms with van der Waals surface area (Å²) in [6.07, 6.45) is -11.4. The Kier molecular flexibility index (Phi) is 21.6. The lowest BCUT2D eigenvalue weighted by molar-refractivity contribution is -0.301. The molecule has 6 rings (SSSR count). The number of methoxy groups -OCH3 is 4. The fraction of sp³-hybridized carbons (Fsp3) is 0.596. The van der Waals surface area contributed by atoms with Gasteiger partial charge in [0, 0.05) is 30.4 Å². The summed E-state index contributed by atoms with van der Waals surface area (Å²) in [6.45, 7) is 6.50. The number of aliphatic hydroxyl groups is 6. The average molecular weight is 1210 g/mol. The van der Waals surface area contributed by atoms with Crippen molar-refractivity contribution < 1.29 is 92.5 Å². The number of hydrogen-bond acceptors (Lipinski definition) is 24. The van der Waals surface area contributed by atoms with E-state index in [0.717, 1.165) is 18.9 Å². The van der Waals surface area contributed by atoms with E-state index in [1.54, 1.807) is 33.8 Å². The molecule has 3 aliphatic heterocycles. The first-order chi connectivity index (χ1) is 34.7. The number of amides is 1. The number of ether oxygens (including phenoxy) is 9. The monoisotopic (exact) mass is 1210 g/mol. The van der Waals surface area contributed by atoms with Crippen LogP contribution in [-0.4, -0.2) is 185 Å². The molecule has 26 heteroatoms. The van der Waals surface area contributed by atoms with E-state index in [1.165, 1.54) is 64.9 Å². The maximum Gasteiger partial charge on any atom is 0.411 e. The van der Waals surface area contributed by atoms with Gasteiger partial charge in [-0.05, 0) is 84.1 Å². The topological polar surface area (TPSA) is 289 Å². The molecule has 14 unspecified atom stereocenters. The maximum absolute atomic E-state index is 14.2. The molecular formula is C47H59IN2O19S4. The highest BCUT2D eigenvalue weighted by molar-refractivity contribution is 14.1. The Morgan fingerprint density at radius 2 is 1.62 bits per heavy atom. The lowest BCUT2D eigenvalue weighted by Crippen LogP contribution is -2.63. The molecule has 3 heterocycles. The second kappa shape index (κ2) is 26.5. The highest BCUT2D eigenvalue weighted by Crippen LogP contribution is 2.49. The number of thioether (sulfide) groups is 1. The summed E-state index contributed by atoms with van der Waals surface area (Å²) in [4.78, 5) is 46.4. The summed E-state index contributed by atoms with van der Waals surface area (Å²) >= 11 is 2.80. The van der Waals surface area contributed by atoms with Crippen LogP contribution in [0, 0.1) is 34.2 Å². The molecule has 0 radical (unpaired) electrons. The van der Waals surface area contributed by atoms with Crippen LogP contribution in [0.5, 0.6) is 17.2 Å². The number of hydroxylamine groups is 1. The number of carbonyl (C=O) groups excluding carboxylic acids is 3. The molecule has 16 atom stereocenters. The van der Waals surface area contributed by atoms with Gasteiger partial charge in [-0.2, -0.15) is 5.48 Å². The second-order valence-electron chi connectivity index (χ2n) is 17.0. The highest BCUT2D eigenvalue weighted by Gasteiger charge is 2.50. The molecule has 1 aromatic carbocycles. The Labute approximate surface area is 451 Å². The van der Waals surface area contributed by atoms with E-state index in [9.17, 15) is 45.0 Å². The number of halogens is 1. The Morgan fingerprint density at radius 3 is 2.27 bits per heavy atom. The molecule has 5 aliphatic rings. The van der Waals surface area contributed by atoms with Gasteiger partial charge < -0.3 is 73.3 Å². The smallest absolute Gasteiger partial charge is 0.411 e.